The van der Waals surface area contributed by atoms with Gasteiger partial charge in [-0.3, -0.25) is 4.79 Å². The summed E-state index contributed by atoms with van der Waals surface area (Å²) in [6.45, 7) is 1.50. The molecule has 7 heteroatoms. The van der Waals surface area contributed by atoms with Crippen molar-refractivity contribution in [2.45, 2.75) is 63.6 Å². The van der Waals surface area contributed by atoms with Gasteiger partial charge in [0.25, 0.3) is 0 Å². The third-order valence-electron chi connectivity index (χ3n) is 8.41. The van der Waals surface area contributed by atoms with E-state index >= 15 is 0 Å². The molecular formula is C42H43NO6. The van der Waals surface area contributed by atoms with Crippen LogP contribution in [0, 0.1) is 0 Å². The van der Waals surface area contributed by atoms with Crippen LogP contribution in [0.1, 0.15) is 27.8 Å². The van der Waals surface area contributed by atoms with E-state index in [1.54, 1.807) is 0 Å². The molecule has 5 aromatic rings. The summed E-state index contributed by atoms with van der Waals surface area (Å²) in [5.41, 5.74) is 4.99. The molecule has 1 amide bonds. The fourth-order valence-electron chi connectivity index (χ4n) is 5.85. The lowest BCUT2D eigenvalue weighted by Crippen LogP contribution is -2.62. The zero-order valence-corrected chi connectivity index (χ0v) is 27.5. The van der Waals surface area contributed by atoms with Crippen molar-refractivity contribution in [1.29, 1.82) is 0 Å². The SMILES string of the molecule is O=C(Cc1ccccc1)NCC1OC(OCc2ccccc2)C(OCc2ccccc2)C(OCc2ccccc2)C1OCc1ccccc1. The van der Waals surface area contributed by atoms with E-state index in [0.29, 0.717) is 26.4 Å². The Labute approximate surface area is 288 Å². The first-order chi connectivity index (χ1) is 24.2. The molecule has 1 heterocycles. The lowest BCUT2D eigenvalue weighted by Gasteiger charge is -2.46. The van der Waals surface area contributed by atoms with Gasteiger partial charge in [-0.25, -0.2) is 0 Å². The van der Waals surface area contributed by atoms with Crippen molar-refractivity contribution < 1.29 is 28.5 Å². The van der Waals surface area contributed by atoms with Gasteiger partial charge in [-0.2, -0.15) is 0 Å². The van der Waals surface area contributed by atoms with E-state index in [9.17, 15) is 4.79 Å². The molecule has 1 aliphatic heterocycles. The van der Waals surface area contributed by atoms with Crippen LogP contribution in [0.5, 0.6) is 0 Å². The lowest BCUT2D eigenvalue weighted by molar-refractivity contribution is -0.324. The van der Waals surface area contributed by atoms with Crippen LogP contribution in [0.4, 0.5) is 0 Å². The Morgan fingerprint density at radius 2 is 0.837 bits per heavy atom. The minimum Gasteiger partial charge on any atom is -0.368 e. The fraction of sp³-hybridized carbons (Fsp3) is 0.262. The summed E-state index contributed by atoms with van der Waals surface area (Å²) >= 11 is 0. The van der Waals surface area contributed by atoms with Crippen LogP contribution in [0.15, 0.2) is 152 Å². The molecule has 0 spiro atoms. The summed E-state index contributed by atoms with van der Waals surface area (Å²) in [4.78, 5) is 13.2. The van der Waals surface area contributed by atoms with Crippen LogP contribution in [0.25, 0.3) is 0 Å². The van der Waals surface area contributed by atoms with Crippen molar-refractivity contribution in [3.05, 3.63) is 179 Å². The van der Waals surface area contributed by atoms with Crippen molar-refractivity contribution in [2.24, 2.45) is 0 Å². The Morgan fingerprint density at radius 1 is 0.469 bits per heavy atom. The zero-order valence-electron chi connectivity index (χ0n) is 27.5. The Hall–Kier alpha value is -4.63. The fourth-order valence-corrected chi connectivity index (χ4v) is 5.85. The van der Waals surface area contributed by atoms with Gasteiger partial charge in [0.05, 0.1) is 32.8 Å². The molecule has 0 saturated carbocycles. The first-order valence-corrected chi connectivity index (χ1v) is 16.8. The van der Waals surface area contributed by atoms with E-state index in [-0.39, 0.29) is 18.9 Å². The second kappa shape index (κ2) is 18.2. The molecule has 49 heavy (non-hydrogen) atoms. The van der Waals surface area contributed by atoms with Crippen molar-refractivity contribution in [2.75, 3.05) is 6.54 Å². The maximum absolute atomic E-state index is 13.2. The Kier molecular flexibility index (Phi) is 12.7. The van der Waals surface area contributed by atoms with E-state index in [4.69, 9.17) is 23.7 Å². The number of carbonyl (C=O) groups excluding carboxylic acids is 1. The highest BCUT2D eigenvalue weighted by atomic mass is 16.7. The lowest BCUT2D eigenvalue weighted by atomic mass is 9.97. The number of amides is 1. The van der Waals surface area contributed by atoms with E-state index in [1.807, 2.05) is 152 Å². The Morgan fingerprint density at radius 3 is 1.29 bits per heavy atom. The van der Waals surface area contributed by atoms with Gasteiger partial charge in [0.15, 0.2) is 6.29 Å². The van der Waals surface area contributed by atoms with Crippen molar-refractivity contribution in [1.82, 2.24) is 5.32 Å². The molecule has 7 nitrogen and oxygen atoms in total. The van der Waals surface area contributed by atoms with Gasteiger partial charge in [0, 0.05) is 6.54 Å². The largest absolute Gasteiger partial charge is 0.368 e. The maximum atomic E-state index is 13.2. The maximum Gasteiger partial charge on any atom is 0.224 e. The third kappa shape index (κ3) is 10.4. The topological polar surface area (TPSA) is 75.3 Å². The van der Waals surface area contributed by atoms with Crippen LogP contribution in [-0.4, -0.2) is 43.2 Å². The standard InChI is InChI=1S/C42H43NO6/c44-38(26-32-16-6-1-7-17-32)43-27-37-39(45-28-33-18-8-2-9-19-33)40(46-29-34-20-10-3-11-21-34)41(47-30-35-22-12-4-13-23-35)42(49-37)48-31-36-24-14-5-15-25-36/h1-25,37,39-42H,26-31H2,(H,43,44). The Balaban J connectivity index is 1.29. The van der Waals surface area contributed by atoms with E-state index < -0.39 is 30.7 Å². The molecule has 0 radical (unpaired) electrons. The molecular weight excluding hydrogens is 614 g/mol. The van der Waals surface area contributed by atoms with Gasteiger partial charge in [-0.15, -0.1) is 0 Å². The number of nitrogens with one attached hydrogen (secondary N) is 1. The highest BCUT2D eigenvalue weighted by Crippen LogP contribution is 2.31. The highest BCUT2D eigenvalue weighted by molar-refractivity contribution is 5.78. The monoisotopic (exact) mass is 657 g/mol. The zero-order chi connectivity index (χ0) is 33.5. The molecule has 5 unspecified atom stereocenters. The van der Waals surface area contributed by atoms with Crippen LogP contribution in [0.3, 0.4) is 0 Å². The van der Waals surface area contributed by atoms with Crippen LogP contribution >= 0.6 is 0 Å². The number of rotatable bonds is 16. The predicted molar refractivity (Wildman–Crippen MR) is 188 cm³/mol. The molecule has 6 rings (SSSR count). The van der Waals surface area contributed by atoms with Gasteiger partial charge >= 0.3 is 0 Å². The normalized spacial score (nSPS) is 20.4. The first-order valence-electron chi connectivity index (χ1n) is 16.8. The summed E-state index contributed by atoms with van der Waals surface area (Å²) in [6.07, 6.45) is -2.99. The summed E-state index contributed by atoms with van der Waals surface area (Å²) in [5.74, 6) is -0.109. The van der Waals surface area contributed by atoms with E-state index in [2.05, 4.69) is 5.32 Å². The molecule has 0 aliphatic carbocycles. The molecule has 5 atom stereocenters. The predicted octanol–water partition coefficient (Wildman–Crippen LogP) is 7.04. The molecule has 0 aromatic heterocycles. The minimum absolute atomic E-state index is 0.109. The van der Waals surface area contributed by atoms with Crippen LogP contribution < -0.4 is 5.32 Å². The smallest absolute Gasteiger partial charge is 0.224 e. The quantitative estimate of drug-likeness (QED) is 0.123. The van der Waals surface area contributed by atoms with Crippen LogP contribution in [-0.2, 0) is 61.3 Å². The second-order valence-electron chi connectivity index (χ2n) is 12.1. The molecule has 252 valence electrons. The summed E-state index contributed by atoms with van der Waals surface area (Å²) in [5, 5.41) is 3.09. The number of ether oxygens (including phenoxy) is 5. The molecule has 1 aliphatic rings. The molecule has 1 saturated heterocycles. The molecule has 1 N–H and O–H groups in total. The van der Waals surface area contributed by atoms with Crippen molar-refractivity contribution in [3.8, 4) is 0 Å². The molecule has 0 bridgehead atoms. The highest BCUT2D eigenvalue weighted by Gasteiger charge is 2.49. The van der Waals surface area contributed by atoms with Crippen molar-refractivity contribution >= 4 is 5.91 Å². The minimum atomic E-state index is -0.808. The number of hydrogen-bond donors (Lipinski definition) is 1. The molecule has 1 fully saturated rings. The Bertz CT molecular complexity index is 1660. The number of carbonyl (C=O) groups is 1. The summed E-state index contributed by atoms with van der Waals surface area (Å²) in [6, 6.07) is 49.7. The first kappa shape index (κ1) is 34.2. The third-order valence-corrected chi connectivity index (χ3v) is 8.41. The number of hydrogen-bond acceptors (Lipinski definition) is 6. The summed E-state index contributed by atoms with van der Waals surface area (Å²) < 4.78 is 33.3. The van der Waals surface area contributed by atoms with Crippen LogP contribution in [0.2, 0.25) is 0 Å². The van der Waals surface area contributed by atoms with E-state index in [0.717, 1.165) is 27.8 Å². The van der Waals surface area contributed by atoms with Gasteiger partial charge in [0.2, 0.25) is 5.91 Å². The average Bonchev–Trinajstić information content (AvgIpc) is 3.16. The second-order valence-corrected chi connectivity index (χ2v) is 12.1. The van der Waals surface area contributed by atoms with Gasteiger partial charge in [-0.05, 0) is 27.8 Å². The number of benzene rings is 5. The van der Waals surface area contributed by atoms with Gasteiger partial charge < -0.3 is 29.0 Å². The average molecular weight is 658 g/mol. The molecule has 5 aromatic carbocycles. The van der Waals surface area contributed by atoms with Gasteiger partial charge in [-0.1, -0.05) is 152 Å². The summed E-state index contributed by atoms with van der Waals surface area (Å²) in [7, 11) is 0. The van der Waals surface area contributed by atoms with Crippen molar-refractivity contribution in [3.63, 3.8) is 0 Å². The van der Waals surface area contributed by atoms with E-state index in [1.165, 1.54) is 0 Å². The van der Waals surface area contributed by atoms with Gasteiger partial charge in [0.1, 0.15) is 24.4 Å².